The van der Waals surface area contributed by atoms with Crippen molar-refractivity contribution in [1.82, 2.24) is 15.4 Å². The van der Waals surface area contributed by atoms with E-state index < -0.39 is 32.0 Å². The summed E-state index contributed by atoms with van der Waals surface area (Å²) >= 11 is 16.9. The Labute approximate surface area is 141 Å². The summed E-state index contributed by atoms with van der Waals surface area (Å²) < 4.78 is 24.1. The lowest BCUT2D eigenvalue weighted by molar-refractivity contribution is 0.228. The molecule has 0 fully saturated rings. The minimum atomic E-state index is -4.08. The van der Waals surface area contributed by atoms with Crippen molar-refractivity contribution >= 4 is 56.9 Å². The summed E-state index contributed by atoms with van der Waals surface area (Å²) in [5, 5.41) is 3.63. The SMILES string of the molecule is NC(=O)NC(=O)NC(NS(=O)(=O)c1ccccc1)C(Cl)(Cl)Cl. The van der Waals surface area contributed by atoms with Crippen LogP contribution in [0.15, 0.2) is 35.2 Å². The molecule has 5 N–H and O–H groups in total. The van der Waals surface area contributed by atoms with E-state index in [9.17, 15) is 18.0 Å². The number of urea groups is 2. The van der Waals surface area contributed by atoms with Gasteiger partial charge in [0.1, 0.15) is 6.17 Å². The number of nitrogens with one attached hydrogen (secondary N) is 3. The second-order valence-electron chi connectivity index (χ2n) is 3.87. The number of imide groups is 1. The zero-order valence-corrected chi connectivity index (χ0v) is 13.8. The Morgan fingerprint density at radius 2 is 1.68 bits per heavy atom. The highest BCUT2D eigenvalue weighted by Gasteiger charge is 2.37. The Kier molecular flexibility index (Phi) is 6.27. The minimum Gasteiger partial charge on any atom is -0.351 e. The maximum Gasteiger partial charge on any atom is 0.324 e. The predicted octanol–water partition coefficient (Wildman–Crippen LogP) is 1.04. The lowest BCUT2D eigenvalue weighted by atomic mass is 10.4. The summed E-state index contributed by atoms with van der Waals surface area (Å²) in [6, 6.07) is 4.91. The van der Waals surface area contributed by atoms with Crippen molar-refractivity contribution in [3.63, 3.8) is 0 Å². The number of amides is 4. The third-order valence-electron chi connectivity index (χ3n) is 2.17. The van der Waals surface area contributed by atoms with Gasteiger partial charge < -0.3 is 11.1 Å². The first-order valence-electron chi connectivity index (χ1n) is 5.53. The topological polar surface area (TPSA) is 130 Å². The van der Waals surface area contributed by atoms with Crippen LogP contribution in [0.4, 0.5) is 9.59 Å². The van der Waals surface area contributed by atoms with Crippen LogP contribution < -0.4 is 21.1 Å². The van der Waals surface area contributed by atoms with Crippen molar-refractivity contribution in [2.45, 2.75) is 14.9 Å². The van der Waals surface area contributed by atoms with Crippen molar-refractivity contribution in [2.24, 2.45) is 5.73 Å². The number of primary amides is 1. The Morgan fingerprint density at radius 1 is 1.14 bits per heavy atom. The second kappa shape index (κ2) is 7.34. The predicted molar refractivity (Wildman–Crippen MR) is 82.1 cm³/mol. The third-order valence-corrected chi connectivity index (χ3v) is 4.26. The molecule has 1 rings (SSSR count). The molecule has 1 aromatic carbocycles. The first-order chi connectivity index (χ1) is 10.0. The molecular weight excluding hydrogens is 379 g/mol. The maximum absolute atomic E-state index is 12.1. The summed E-state index contributed by atoms with van der Waals surface area (Å²) in [4.78, 5) is 21.9. The Morgan fingerprint density at radius 3 is 2.14 bits per heavy atom. The van der Waals surface area contributed by atoms with E-state index in [4.69, 9.17) is 40.5 Å². The van der Waals surface area contributed by atoms with Gasteiger partial charge in [0.15, 0.2) is 0 Å². The average molecular weight is 390 g/mol. The first kappa shape index (κ1) is 18.8. The molecule has 1 aromatic rings. The van der Waals surface area contributed by atoms with Gasteiger partial charge in [0.25, 0.3) is 0 Å². The van der Waals surface area contributed by atoms with E-state index in [1.807, 2.05) is 10.0 Å². The fraction of sp³-hybridized carbons (Fsp3) is 0.200. The number of hydrogen-bond acceptors (Lipinski definition) is 4. The lowest BCUT2D eigenvalue weighted by Gasteiger charge is -2.26. The number of nitrogens with two attached hydrogens (primary N) is 1. The number of sulfonamides is 1. The average Bonchev–Trinajstić information content (AvgIpc) is 2.36. The molecule has 122 valence electrons. The van der Waals surface area contributed by atoms with Crippen LogP contribution >= 0.6 is 34.8 Å². The van der Waals surface area contributed by atoms with E-state index >= 15 is 0 Å². The van der Waals surface area contributed by atoms with Crippen molar-refractivity contribution < 1.29 is 18.0 Å². The monoisotopic (exact) mass is 388 g/mol. The van der Waals surface area contributed by atoms with Gasteiger partial charge in [-0.25, -0.2) is 18.0 Å². The summed E-state index contributed by atoms with van der Waals surface area (Å²) in [6.45, 7) is 0. The molecule has 0 aliphatic carbocycles. The molecule has 0 radical (unpaired) electrons. The number of benzene rings is 1. The zero-order chi connectivity index (χ0) is 17.0. The lowest BCUT2D eigenvalue weighted by Crippen LogP contribution is -2.58. The van der Waals surface area contributed by atoms with Crippen LogP contribution in [0.1, 0.15) is 0 Å². The van der Waals surface area contributed by atoms with E-state index in [-0.39, 0.29) is 4.90 Å². The Balaban J connectivity index is 2.95. The van der Waals surface area contributed by atoms with Gasteiger partial charge in [-0.15, -0.1) is 0 Å². The normalized spacial score (nSPS) is 13.2. The summed E-state index contributed by atoms with van der Waals surface area (Å²) in [7, 11) is -4.08. The van der Waals surface area contributed by atoms with E-state index in [0.717, 1.165) is 0 Å². The number of halogens is 3. The highest BCUT2D eigenvalue weighted by Crippen LogP contribution is 2.30. The molecule has 0 spiro atoms. The minimum absolute atomic E-state index is 0.105. The molecule has 4 amide bonds. The number of carbonyl (C=O) groups excluding carboxylic acids is 2. The van der Waals surface area contributed by atoms with E-state index in [2.05, 4.69) is 0 Å². The highest BCUT2D eigenvalue weighted by molar-refractivity contribution is 7.89. The van der Waals surface area contributed by atoms with Crippen LogP contribution in [0.2, 0.25) is 0 Å². The first-order valence-corrected chi connectivity index (χ1v) is 8.15. The largest absolute Gasteiger partial charge is 0.351 e. The Bertz CT molecular complexity index is 648. The van der Waals surface area contributed by atoms with E-state index in [0.29, 0.717) is 0 Å². The van der Waals surface area contributed by atoms with Crippen LogP contribution in [-0.4, -0.2) is 30.4 Å². The quantitative estimate of drug-likeness (QED) is 0.452. The molecule has 0 aliphatic rings. The van der Waals surface area contributed by atoms with Gasteiger partial charge in [-0.1, -0.05) is 53.0 Å². The van der Waals surface area contributed by atoms with Crippen LogP contribution in [0.3, 0.4) is 0 Å². The molecule has 8 nitrogen and oxygen atoms in total. The molecule has 0 bridgehead atoms. The fourth-order valence-electron chi connectivity index (χ4n) is 1.28. The van der Waals surface area contributed by atoms with Gasteiger partial charge >= 0.3 is 12.1 Å². The highest BCUT2D eigenvalue weighted by atomic mass is 35.6. The number of carbonyl (C=O) groups is 2. The second-order valence-corrected chi connectivity index (χ2v) is 7.95. The van der Waals surface area contributed by atoms with Crippen molar-refractivity contribution in [3.8, 4) is 0 Å². The van der Waals surface area contributed by atoms with Gasteiger partial charge in [0, 0.05) is 0 Å². The Hall–Kier alpha value is -1.26. The van der Waals surface area contributed by atoms with Gasteiger partial charge in [0.05, 0.1) is 4.90 Å². The molecule has 0 saturated heterocycles. The standard InChI is InChI=1S/C10H11Cl3N4O4S/c11-10(12,13)7(15-9(19)16-8(14)18)17-22(20,21)6-4-2-1-3-5-6/h1-5,7,17H,(H4,14,15,16,18,19). The summed E-state index contributed by atoms with van der Waals surface area (Å²) in [5.74, 6) is 0. The molecule has 0 aliphatic heterocycles. The van der Waals surface area contributed by atoms with Gasteiger partial charge in [-0.05, 0) is 12.1 Å². The van der Waals surface area contributed by atoms with Gasteiger partial charge in [0.2, 0.25) is 13.8 Å². The number of hydrogen-bond donors (Lipinski definition) is 4. The molecule has 0 saturated carbocycles. The van der Waals surface area contributed by atoms with Crippen molar-refractivity contribution in [2.75, 3.05) is 0 Å². The van der Waals surface area contributed by atoms with Crippen LogP contribution in [-0.2, 0) is 10.0 Å². The fourth-order valence-corrected chi connectivity index (χ4v) is 3.00. The molecule has 1 atom stereocenters. The van der Waals surface area contributed by atoms with Gasteiger partial charge in [-0.2, -0.15) is 4.72 Å². The molecule has 0 heterocycles. The number of rotatable bonds is 4. The third kappa shape index (κ3) is 5.85. The van der Waals surface area contributed by atoms with Crippen LogP contribution in [0.25, 0.3) is 0 Å². The summed E-state index contributed by atoms with van der Waals surface area (Å²) in [5.41, 5.74) is 4.75. The molecule has 0 aromatic heterocycles. The summed E-state index contributed by atoms with van der Waals surface area (Å²) in [6.07, 6.45) is -1.65. The smallest absolute Gasteiger partial charge is 0.324 e. The molecule has 1 unspecified atom stereocenters. The number of alkyl halides is 3. The van der Waals surface area contributed by atoms with Crippen molar-refractivity contribution in [1.29, 1.82) is 0 Å². The molecule has 12 heteroatoms. The van der Waals surface area contributed by atoms with Crippen LogP contribution in [0, 0.1) is 0 Å². The van der Waals surface area contributed by atoms with Crippen molar-refractivity contribution in [3.05, 3.63) is 30.3 Å². The molecule has 22 heavy (non-hydrogen) atoms. The van der Waals surface area contributed by atoms with Gasteiger partial charge in [-0.3, -0.25) is 5.32 Å². The maximum atomic E-state index is 12.1. The molecular formula is C10H11Cl3N4O4S. The van der Waals surface area contributed by atoms with E-state index in [1.165, 1.54) is 24.3 Å². The zero-order valence-electron chi connectivity index (χ0n) is 10.7. The van der Waals surface area contributed by atoms with E-state index in [1.54, 1.807) is 11.4 Å². The van der Waals surface area contributed by atoms with Crippen LogP contribution in [0.5, 0.6) is 0 Å².